The van der Waals surface area contributed by atoms with Gasteiger partial charge in [0.2, 0.25) is 5.91 Å². The molecule has 0 spiro atoms. The number of nitrogens with one attached hydrogen (secondary N) is 2. The van der Waals surface area contributed by atoms with Crippen molar-refractivity contribution in [2.75, 3.05) is 6.61 Å². The molecule has 3 aromatic carbocycles. The van der Waals surface area contributed by atoms with E-state index in [1.165, 1.54) is 0 Å². The first-order chi connectivity index (χ1) is 16.4. The average molecular weight is 459 g/mol. The van der Waals surface area contributed by atoms with Crippen molar-refractivity contribution in [2.24, 2.45) is 0 Å². The standard InChI is InChI=1S/C27H26N2O5/c1-17(15-24(30)29-25(26(31)32)18-9-3-2-4-10-18)28-27(33)34-16-23-21-13-7-5-11-19(21)20-12-6-8-14-22(20)23/h2-14,17,23,25H,15-16H2,1H3,(H,28,33)(H,29,30)(H,31,32)/t17?,25-/m1/s1. The number of carboxylic acid groups (broad SMARTS) is 1. The number of alkyl carbamates (subject to hydrolysis) is 1. The number of aliphatic carboxylic acids is 1. The quantitative estimate of drug-likeness (QED) is 0.468. The Bertz CT molecular complexity index is 1150. The van der Waals surface area contributed by atoms with Gasteiger partial charge in [0, 0.05) is 18.4 Å². The van der Waals surface area contributed by atoms with Gasteiger partial charge < -0.3 is 20.5 Å². The zero-order valence-corrected chi connectivity index (χ0v) is 18.7. The van der Waals surface area contributed by atoms with Crippen LogP contribution in [0.2, 0.25) is 0 Å². The van der Waals surface area contributed by atoms with Gasteiger partial charge in [0.25, 0.3) is 0 Å². The summed E-state index contributed by atoms with van der Waals surface area (Å²) in [6.07, 6.45) is -0.708. The largest absolute Gasteiger partial charge is 0.479 e. The highest BCUT2D eigenvalue weighted by Crippen LogP contribution is 2.44. The van der Waals surface area contributed by atoms with Gasteiger partial charge in [-0.15, -0.1) is 0 Å². The van der Waals surface area contributed by atoms with Crippen molar-refractivity contribution in [1.29, 1.82) is 0 Å². The van der Waals surface area contributed by atoms with Gasteiger partial charge in [-0.1, -0.05) is 78.9 Å². The molecule has 7 heteroatoms. The number of carbonyl (C=O) groups excluding carboxylic acids is 2. The van der Waals surface area contributed by atoms with Crippen LogP contribution in [0, 0.1) is 0 Å². The van der Waals surface area contributed by atoms with E-state index < -0.39 is 30.1 Å². The van der Waals surface area contributed by atoms with Gasteiger partial charge in [0.05, 0.1) is 0 Å². The lowest BCUT2D eigenvalue weighted by atomic mass is 9.98. The summed E-state index contributed by atoms with van der Waals surface area (Å²) in [6, 6.07) is 22.9. The number of hydrogen-bond donors (Lipinski definition) is 3. The molecule has 0 heterocycles. The molecule has 3 aromatic rings. The number of benzene rings is 3. The minimum atomic E-state index is -1.16. The number of carboxylic acids is 1. The lowest BCUT2D eigenvalue weighted by Gasteiger charge is -2.19. The predicted molar refractivity (Wildman–Crippen MR) is 127 cm³/mol. The molecule has 7 nitrogen and oxygen atoms in total. The third-order valence-corrected chi connectivity index (χ3v) is 5.88. The van der Waals surface area contributed by atoms with Crippen molar-refractivity contribution in [3.05, 3.63) is 95.6 Å². The zero-order valence-electron chi connectivity index (χ0n) is 18.7. The smallest absolute Gasteiger partial charge is 0.407 e. The maximum Gasteiger partial charge on any atom is 0.407 e. The number of carbonyl (C=O) groups is 3. The maximum absolute atomic E-state index is 12.4. The van der Waals surface area contributed by atoms with Crippen molar-refractivity contribution in [3.8, 4) is 11.1 Å². The minimum absolute atomic E-state index is 0.0565. The molecule has 0 aliphatic heterocycles. The number of rotatable bonds is 8. The number of fused-ring (bicyclic) bond motifs is 3. The summed E-state index contributed by atoms with van der Waals surface area (Å²) in [4.78, 5) is 36.4. The number of hydrogen-bond acceptors (Lipinski definition) is 4. The SMILES string of the molecule is CC(CC(=O)N[C@@H](C(=O)O)c1ccccc1)NC(=O)OCC1c2ccccc2-c2ccccc21. The molecule has 3 N–H and O–H groups in total. The van der Waals surface area contributed by atoms with E-state index in [-0.39, 0.29) is 18.9 Å². The number of amides is 2. The monoisotopic (exact) mass is 458 g/mol. The molecule has 2 atom stereocenters. The van der Waals surface area contributed by atoms with Crippen LogP contribution in [-0.4, -0.2) is 35.7 Å². The molecule has 0 fully saturated rings. The highest BCUT2D eigenvalue weighted by atomic mass is 16.5. The second-order valence-electron chi connectivity index (χ2n) is 8.32. The molecule has 0 saturated heterocycles. The second kappa shape index (κ2) is 10.2. The average Bonchev–Trinajstić information content (AvgIpc) is 3.15. The van der Waals surface area contributed by atoms with E-state index >= 15 is 0 Å². The van der Waals surface area contributed by atoms with E-state index in [9.17, 15) is 19.5 Å². The Kier molecular flexibility index (Phi) is 6.92. The van der Waals surface area contributed by atoms with E-state index in [1.54, 1.807) is 37.3 Å². The fourth-order valence-corrected chi connectivity index (χ4v) is 4.32. The Labute approximate surface area is 197 Å². The van der Waals surface area contributed by atoms with Crippen LogP contribution in [0.25, 0.3) is 11.1 Å². The third-order valence-electron chi connectivity index (χ3n) is 5.88. The van der Waals surface area contributed by atoms with Crippen LogP contribution in [0.4, 0.5) is 4.79 Å². The summed E-state index contributed by atoms with van der Waals surface area (Å²) in [5.41, 5.74) is 4.99. The lowest BCUT2D eigenvalue weighted by Crippen LogP contribution is -2.40. The summed E-state index contributed by atoms with van der Waals surface area (Å²) in [6.45, 7) is 1.84. The van der Waals surface area contributed by atoms with Crippen LogP contribution in [0.5, 0.6) is 0 Å². The van der Waals surface area contributed by atoms with Gasteiger partial charge in [0.15, 0.2) is 6.04 Å². The summed E-state index contributed by atoms with van der Waals surface area (Å²) in [5.74, 6) is -1.70. The topological polar surface area (TPSA) is 105 Å². The second-order valence-corrected chi connectivity index (χ2v) is 8.32. The first-order valence-electron chi connectivity index (χ1n) is 11.1. The van der Waals surface area contributed by atoms with Gasteiger partial charge >= 0.3 is 12.1 Å². The summed E-state index contributed by atoms with van der Waals surface area (Å²) < 4.78 is 5.50. The fraction of sp³-hybridized carbons (Fsp3) is 0.222. The van der Waals surface area contributed by atoms with Gasteiger partial charge in [-0.25, -0.2) is 9.59 Å². The highest BCUT2D eigenvalue weighted by molar-refractivity contribution is 5.85. The van der Waals surface area contributed by atoms with Gasteiger partial charge in [0.1, 0.15) is 6.61 Å². The molecule has 174 valence electrons. The molecule has 34 heavy (non-hydrogen) atoms. The van der Waals surface area contributed by atoms with E-state index in [0.29, 0.717) is 5.56 Å². The molecule has 1 unspecified atom stereocenters. The molecule has 4 rings (SSSR count). The Morgan fingerprint density at radius 3 is 2.00 bits per heavy atom. The Morgan fingerprint density at radius 1 is 0.853 bits per heavy atom. The van der Waals surface area contributed by atoms with Crippen LogP contribution < -0.4 is 10.6 Å². The molecule has 0 saturated carbocycles. The van der Waals surface area contributed by atoms with Crippen LogP contribution in [0.3, 0.4) is 0 Å². The Balaban J connectivity index is 1.31. The summed E-state index contributed by atoms with van der Waals surface area (Å²) >= 11 is 0. The van der Waals surface area contributed by atoms with Crippen LogP contribution in [-0.2, 0) is 14.3 Å². The molecule has 0 radical (unpaired) electrons. The zero-order chi connectivity index (χ0) is 24.1. The minimum Gasteiger partial charge on any atom is -0.479 e. The van der Waals surface area contributed by atoms with E-state index in [0.717, 1.165) is 22.3 Å². The first kappa shape index (κ1) is 23.0. The maximum atomic E-state index is 12.4. The van der Waals surface area contributed by atoms with Crippen LogP contribution in [0.15, 0.2) is 78.9 Å². The van der Waals surface area contributed by atoms with E-state index in [4.69, 9.17) is 4.74 Å². The lowest BCUT2D eigenvalue weighted by molar-refractivity contribution is -0.142. The van der Waals surface area contributed by atoms with Crippen LogP contribution >= 0.6 is 0 Å². The van der Waals surface area contributed by atoms with Gasteiger partial charge in [-0.3, -0.25) is 4.79 Å². The number of ether oxygens (including phenoxy) is 1. The van der Waals surface area contributed by atoms with Crippen molar-refractivity contribution in [1.82, 2.24) is 10.6 Å². The highest BCUT2D eigenvalue weighted by Gasteiger charge is 2.29. The molecular weight excluding hydrogens is 432 g/mol. The van der Waals surface area contributed by atoms with Crippen molar-refractivity contribution >= 4 is 18.0 Å². The normalized spacial score (nSPS) is 13.8. The van der Waals surface area contributed by atoms with Crippen molar-refractivity contribution < 1.29 is 24.2 Å². The van der Waals surface area contributed by atoms with Crippen LogP contribution in [0.1, 0.15) is 42.0 Å². The first-order valence-corrected chi connectivity index (χ1v) is 11.1. The Hall–Kier alpha value is -4.13. The van der Waals surface area contributed by atoms with Crippen molar-refractivity contribution in [2.45, 2.75) is 31.3 Å². The van der Waals surface area contributed by atoms with Gasteiger partial charge in [-0.05, 0) is 34.7 Å². The molecule has 2 amide bonds. The third kappa shape index (κ3) is 5.09. The molecule has 0 bridgehead atoms. The Morgan fingerprint density at radius 2 is 1.41 bits per heavy atom. The summed E-state index contributed by atoms with van der Waals surface area (Å²) in [5, 5.41) is 14.6. The van der Waals surface area contributed by atoms with Gasteiger partial charge in [-0.2, -0.15) is 0 Å². The van der Waals surface area contributed by atoms with Crippen molar-refractivity contribution in [3.63, 3.8) is 0 Å². The van der Waals surface area contributed by atoms with E-state index in [2.05, 4.69) is 22.8 Å². The predicted octanol–water partition coefficient (Wildman–Crippen LogP) is 4.25. The molecule has 1 aliphatic rings. The van der Waals surface area contributed by atoms with E-state index in [1.807, 2.05) is 36.4 Å². The molecule has 0 aromatic heterocycles. The molecule has 1 aliphatic carbocycles. The fourth-order valence-electron chi connectivity index (χ4n) is 4.32. The molecular formula is C27H26N2O5. The summed E-state index contributed by atoms with van der Waals surface area (Å²) in [7, 11) is 0.